The van der Waals surface area contributed by atoms with Crippen molar-refractivity contribution in [2.75, 3.05) is 6.61 Å². The highest BCUT2D eigenvalue weighted by molar-refractivity contribution is 7.09. The van der Waals surface area contributed by atoms with E-state index in [1.807, 2.05) is 12.4 Å². The fourth-order valence-electron chi connectivity index (χ4n) is 1.87. The molecule has 0 fully saturated rings. The van der Waals surface area contributed by atoms with Crippen molar-refractivity contribution < 1.29 is 27.0 Å². The van der Waals surface area contributed by atoms with E-state index in [1.54, 1.807) is 23.5 Å². The number of non-ortho nitro benzene ring substituents is 1. The van der Waals surface area contributed by atoms with Gasteiger partial charge in [0.1, 0.15) is 0 Å². The van der Waals surface area contributed by atoms with Gasteiger partial charge in [-0.3, -0.25) is 10.1 Å². The summed E-state index contributed by atoms with van der Waals surface area (Å²) in [7, 11) is 0. The Morgan fingerprint density at radius 3 is 2.55 bits per heavy atom. The van der Waals surface area contributed by atoms with Crippen LogP contribution in [0.25, 0.3) is 0 Å². The molecule has 0 amide bonds. The molecule has 0 unspecified atom stereocenters. The van der Waals surface area contributed by atoms with Gasteiger partial charge in [0.2, 0.25) is 5.51 Å². The van der Waals surface area contributed by atoms with E-state index >= 15 is 0 Å². The van der Waals surface area contributed by atoms with Crippen LogP contribution in [-0.2, 0) is 13.0 Å². The number of aliphatic hydroxyl groups excluding tert-OH is 1. The Balaban J connectivity index is 0.00000200. The van der Waals surface area contributed by atoms with E-state index in [-0.39, 0.29) is 24.7 Å². The zero-order valence-electron chi connectivity index (χ0n) is 11.0. The second-order valence-corrected chi connectivity index (χ2v) is 5.20. The van der Waals surface area contributed by atoms with E-state index < -0.39 is 4.92 Å². The number of rotatable bonds is 5. The summed E-state index contributed by atoms with van der Waals surface area (Å²) in [5, 5.41) is 19.5. The topological polar surface area (TPSA) is 67.2 Å². The van der Waals surface area contributed by atoms with Crippen molar-refractivity contribution in [2.24, 2.45) is 0 Å². The molecule has 20 heavy (non-hydrogen) atoms. The largest absolute Gasteiger partial charge is 1.00 e. The summed E-state index contributed by atoms with van der Waals surface area (Å²) in [5.74, 6) is 0. The number of aliphatic hydroxyl groups is 1. The summed E-state index contributed by atoms with van der Waals surface area (Å²) in [6.45, 7) is 2.86. The van der Waals surface area contributed by atoms with Gasteiger partial charge in [-0.25, -0.2) is 0 Å². The van der Waals surface area contributed by atoms with Crippen molar-refractivity contribution in [3.63, 3.8) is 0 Å². The molecule has 0 aliphatic rings. The third-order valence-corrected chi connectivity index (χ3v) is 4.14. The van der Waals surface area contributed by atoms with Crippen LogP contribution in [0.5, 0.6) is 0 Å². The Morgan fingerprint density at radius 2 is 2.00 bits per heavy atom. The standard InChI is InChI=1S/C13H15N2O3S.ClH/c1-10-13(6-7-16)19-9-14(10)8-11-2-4-12(5-3-11)15(17)18;/h2-5,9,16H,6-8H2,1H3;1H/q+1;/p-1. The monoisotopic (exact) mass is 314 g/mol. The van der Waals surface area contributed by atoms with E-state index in [0.29, 0.717) is 13.0 Å². The van der Waals surface area contributed by atoms with E-state index in [0.717, 1.165) is 11.3 Å². The van der Waals surface area contributed by atoms with Gasteiger partial charge in [0, 0.05) is 37.6 Å². The van der Waals surface area contributed by atoms with Crippen LogP contribution in [0.15, 0.2) is 29.8 Å². The van der Waals surface area contributed by atoms with Crippen LogP contribution >= 0.6 is 11.3 Å². The zero-order valence-corrected chi connectivity index (χ0v) is 12.5. The highest BCUT2D eigenvalue weighted by Gasteiger charge is 2.15. The molecule has 2 rings (SSSR count). The minimum atomic E-state index is -0.397. The highest BCUT2D eigenvalue weighted by Crippen LogP contribution is 2.14. The van der Waals surface area contributed by atoms with E-state index in [9.17, 15) is 10.1 Å². The lowest BCUT2D eigenvalue weighted by Gasteiger charge is -1.98. The van der Waals surface area contributed by atoms with Gasteiger partial charge >= 0.3 is 0 Å². The van der Waals surface area contributed by atoms with Gasteiger partial charge in [0.25, 0.3) is 5.69 Å². The van der Waals surface area contributed by atoms with Crippen LogP contribution < -0.4 is 17.0 Å². The second-order valence-electron chi connectivity index (χ2n) is 4.26. The number of hydrogen-bond donors (Lipinski definition) is 1. The van der Waals surface area contributed by atoms with Crippen molar-refractivity contribution in [3.05, 3.63) is 56.0 Å². The minimum absolute atomic E-state index is 0. The highest BCUT2D eigenvalue weighted by atomic mass is 35.5. The zero-order chi connectivity index (χ0) is 13.8. The average Bonchev–Trinajstić information content (AvgIpc) is 2.73. The molecule has 0 bridgehead atoms. The van der Waals surface area contributed by atoms with Crippen molar-refractivity contribution in [2.45, 2.75) is 19.9 Å². The number of benzene rings is 1. The third-order valence-electron chi connectivity index (χ3n) is 3.00. The number of nitro groups is 1. The summed E-state index contributed by atoms with van der Waals surface area (Å²) in [5.41, 5.74) is 4.28. The lowest BCUT2D eigenvalue weighted by molar-refractivity contribution is -0.689. The molecule has 0 aliphatic heterocycles. The average molecular weight is 315 g/mol. The Labute approximate surface area is 127 Å². The third kappa shape index (κ3) is 3.75. The predicted molar refractivity (Wildman–Crippen MR) is 72.2 cm³/mol. The van der Waals surface area contributed by atoms with Crippen LogP contribution in [-0.4, -0.2) is 16.6 Å². The molecule has 0 radical (unpaired) electrons. The molecule has 1 aromatic carbocycles. The molecule has 0 atom stereocenters. The van der Waals surface area contributed by atoms with Gasteiger partial charge in [0.15, 0.2) is 12.2 Å². The summed E-state index contributed by atoms with van der Waals surface area (Å²) < 4.78 is 2.09. The van der Waals surface area contributed by atoms with Crippen molar-refractivity contribution >= 4 is 17.0 Å². The quantitative estimate of drug-likeness (QED) is 0.430. The smallest absolute Gasteiger partial charge is 0.269 e. The Kier molecular flexibility index (Phi) is 6.06. The van der Waals surface area contributed by atoms with E-state index in [4.69, 9.17) is 5.11 Å². The number of hydrogen-bond acceptors (Lipinski definition) is 4. The minimum Gasteiger partial charge on any atom is -1.00 e. The first-order chi connectivity index (χ1) is 9.11. The number of thiazole rings is 1. The molecule has 0 saturated heterocycles. The molecule has 2 aromatic rings. The molecule has 1 N–H and O–H groups in total. The Bertz CT molecular complexity index is 584. The summed E-state index contributed by atoms with van der Waals surface area (Å²) in [4.78, 5) is 11.4. The fraction of sp³-hybridized carbons (Fsp3) is 0.308. The number of nitrogens with zero attached hydrogens (tertiary/aromatic N) is 2. The molecule has 5 nitrogen and oxygen atoms in total. The maximum absolute atomic E-state index is 10.6. The van der Waals surface area contributed by atoms with Crippen molar-refractivity contribution in [1.29, 1.82) is 0 Å². The molecule has 1 aromatic heterocycles. The van der Waals surface area contributed by atoms with Gasteiger partial charge in [-0.1, -0.05) is 11.3 Å². The number of aromatic nitrogens is 1. The molecule has 108 valence electrons. The molecule has 0 saturated carbocycles. The first-order valence-corrected chi connectivity index (χ1v) is 6.80. The van der Waals surface area contributed by atoms with Gasteiger partial charge < -0.3 is 17.5 Å². The maximum atomic E-state index is 10.6. The van der Waals surface area contributed by atoms with Crippen LogP contribution in [0.3, 0.4) is 0 Å². The predicted octanol–water partition coefficient (Wildman–Crippen LogP) is -1.16. The second kappa shape index (κ2) is 7.33. The first kappa shape index (κ1) is 16.6. The van der Waals surface area contributed by atoms with Gasteiger partial charge in [-0.2, -0.15) is 4.57 Å². The normalized spacial score (nSPS) is 10.1. The van der Waals surface area contributed by atoms with Crippen molar-refractivity contribution in [3.8, 4) is 0 Å². The molecular formula is C13H15ClN2O3S. The SMILES string of the molecule is Cc1c(CCO)sc[n+]1Cc1ccc([N+](=O)[O-])cc1.[Cl-]. The van der Waals surface area contributed by atoms with Crippen LogP contribution in [0, 0.1) is 17.0 Å². The lowest BCUT2D eigenvalue weighted by Crippen LogP contribution is -3.00. The molecule has 0 spiro atoms. The van der Waals surface area contributed by atoms with Crippen LogP contribution in [0.2, 0.25) is 0 Å². The van der Waals surface area contributed by atoms with E-state index in [1.165, 1.54) is 17.0 Å². The molecule has 0 aliphatic carbocycles. The first-order valence-electron chi connectivity index (χ1n) is 5.92. The van der Waals surface area contributed by atoms with Gasteiger partial charge in [0.05, 0.1) is 9.80 Å². The van der Waals surface area contributed by atoms with Crippen molar-refractivity contribution in [1.82, 2.24) is 0 Å². The molecule has 7 heteroatoms. The van der Waals surface area contributed by atoms with Gasteiger partial charge in [-0.15, -0.1) is 0 Å². The number of nitro benzene ring substituents is 1. The Morgan fingerprint density at radius 1 is 1.35 bits per heavy atom. The molecular weight excluding hydrogens is 300 g/mol. The fourth-order valence-corrected chi connectivity index (χ4v) is 2.85. The summed E-state index contributed by atoms with van der Waals surface area (Å²) >= 11 is 1.62. The van der Waals surface area contributed by atoms with E-state index in [2.05, 4.69) is 4.57 Å². The van der Waals surface area contributed by atoms with Crippen LogP contribution in [0.4, 0.5) is 5.69 Å². The number of halogens is 1. The Hall–Kier alpha value is -1.50. The lowest BCUT2D eigenvalue weighted by atomic mass is 10.2. The maximum Gasteiger partial charge on any atom is 0.269 e. The summed E-state index contributed by atoms with van der Waals surface area (Å²) in [6, 6.07) is 6.58. The van der Waals surface area contributed by atoms with Gasteiger partial charge in [-0.05, 0) is 12.1 Å². The molecule has 1 heterocycles. The summed E-state index contributed by atoms with van der Waals surface area (Å²) in [6.07, 6.45) is 0.670. The van der Waals surface area contributed by atoms with Crippen LogP contribution in [0.1, 0.15) is 16.1 Å².